The Kier molecular flexibility index (Phi) is 5.73. The first-order valence-electron chi connectivity index (χ1n) is 10.3. The molecule has 3 heterocycles. The Labute approximate surface area is 166 Å². The van der Waals surface area contributed by atoms with Crippen molar-refractivity contribution < 1.29 is 13.2 Å². The zero-order chi connectivity index (χ0) is 19.6. The fraction of sp³-hybridized carbons (Fsp3) is 0.571. The number of rotatable bonds is 6. The van der Waals surface area contributed by atoms with Crippen molar-refractivity contribution in [1.29, 1.82) is 0 Å². The number of benzene rings is 1. The summed E-state index contributed by atoms with van der Waals surface area (Å²) in [6.07, 6.45) is 5.40. The fourth-order valence-electron chi connectivity index (χ4n) is 4.53. The van der Waals surface area contributed by atoms with E-state index < -0.39 is 9.84 Å². The van der Waals surface area contributed by atoms with E-state index in [9.17, 15) is 13.2 Å². The molecular formula is C21H29N3O3S. The second kappa shape index (κ2) is 8.25. The summed E-state index contributed by atoms with van der Waals surface area (Å²) in [6, 6.07) is 10.6. The standard InChI is InChI=1S/C21H29N3O3S/c25-21(18-7-12-23(13-8-18)19-9-15-28(26,27)16-19)22-10-3-11-24-14-6-17-4-1-2-5-20(17)24/h1-2,4-6,14,18-19H,3,7-13,15-16H2,(H,22,25)/t19-/m1/s1. The van der Waals surface area contributed by atoms with Crippen molar-refractivity contribution in [2.24, 2.45) is 5.92 Å². The van der Waals surface area contributed by atoms with E-state index in [4.69, 9.17) is 0 Å². The molecular weight excluding hydrogens is 374 g/mol. The maximum absolute atomic E-state index is 12.5. The van der Waals surface area contributed by atoms with Gasteiger partial charge in [0.15, 0.2) is 9.84 Å². The van der Waals surface area contributed by atoms with Gasteiger partial charge in [0.05, 0.1) is 11.5 Å². The van der Waals surface area contributed by atoms with Crippen LogP contribution in [0.1, 0.15) is 25.7 Å². The Morgan fingerprint density at radius 2 is 1.89 bits per heavy atom. The summed E-state index contributed by atoms with van der Waals surface area (Å²) in [7, 11) is -2.85. The average Bonchev–Trinajstić information content (AvgIpc) is 3.28. The number of aromatic nitrogens is 1. The maximum atomic E-state index is 12.5. The Hall–Kier alpha value is -1.86. The van der Waals surface area contributed by atoms with Crippen molar-refractivity contribution in [1.82, 2.24) is 14.8 Å². The summed E-state index contributed by atoms with van der Waals surface area (Å²) in [5, 5.41) is 4.34. The molecule has 0 saturated carbocycles. The molecule has 1 amide bonds. The van der Waals surface area contributed by atoms with Crippen LogP contribution in [0.3, 0.4) is 0 Å². The van der Waals surface area contributed by atoms with Crippen LogP contribution in [0.4, 0.5) is 0 Å². The summed E-state index contributed by atoms with van der Waals surface area (Å²) in [6.45, 7) is 3.23. The zero-order valence-electron chi connectivity index (χ0n) is 16.2. The zero-order valence-corrected chi connectivity index (χ0v) is 17.0. The molecule has 2 fully saturated rings. The van der Waals surface area contributed by atoms with Gasteiger partial charge in [0.1, 0.15) is 0 Å². The van der Waals surface area contributed by atoms with Gasteiger partial charge in [0.2, 0.25) is 5.91 Å². The SMILES string of the molecule is O=C(NCCCn1ccc2ccccc21)C1CCN([C@@H]2CCS(=O)(=O)C2)CC1. The third-order valence-corrected chi connectivity index (χ3v) is 7.93. The number of fused-ring (bicyclic) bond motifs is 1. The molecule has 1 atom stereocenters. The van der Waals surface area contributed by atoms with Crippen LogP contribution < -0.4 is 5.32 Å². The molecule has 0 spiro atoms. The van der Waals surface area contributed by atoms with Gasteiger partial charge in [0, 0.05) is 36.8 Å². The first-order chi connectivity index (χ1) is 13.5. The third kappa shape index (κ3) is 4.41. The molecule has 2 aliphatic heterocycles. The van der Waals surface area contributed by atoms with Gasteiger partial charge in [-0.3, -0.25) is 9.69 Å². The summed E-state index contributed by atoms with van der Waals surface area (Å²) < 4.78 is 25.6. The van der Waals surface area contributed by atoms with E-state index in [1.807, 2.05) is 12.1 Å². The fourth-order valence-corrected chi connectivity index (χ4v) is 6.29. The lowest BCUT2D eigenvalue weighted by molar-refractivity contribution is -0.126. The van der Waals surface area contributed by atoms with Gasteiger partial charge < -0.3 is 9.88 Å². The minimum absolute atomic E-state index is 0.0571. The smallest absolute Gasteiger partial charge is 0.223 e. The highest BCUT2D eigenvalue weighted by Crippen LogP contribution is 2.24. The first-order valence-corrected chi connectivity index (χ1v) is 12.1. The highest BCUT2D eigenvalue weighted by atomic mass is 32.2. The maximum Gasteiger partial charge on any atom is 0.223 e. The van der Waals surface area contributed by atoms with Crippen LogP contribution in [0, 0.1) is 5.92 Å². The molecule has 1 aromatic heterocycles. The van der Waals surface area contributed by atoms with Crippen molar-refractivity contribution in [3.05, 3.63) is 36.5 Å². The number of sulfone groups is 1. The van der Waals surface area contributed by atoms with Crippen LogP contribution in [0.2, 0.25) is 0 Å². The van der Waals surface area contributed by atoms with E-state index in [0.717, 1.165) is 45.3 Å². The average molecular weight is 404 g/mol. The highest BCUT2D eigenvalue weighted by Gasteiger charge is 2.35. The van der Waals surface area contributed by atoms with E-state index in [1.54, 1.807) is 0 Å². The monoisotopic (exact) mass is 403 g/mol. The van der Waals surface area contributed by atoms with E-state index >= 15 is 0 Å². The molecule has 2 aromatic rings. The topological polar surface area (TPSA) is 71.4 Å². The highest BCUT2D eigenvalue weighted by molar-refractivity contribution is 7.91. The molecule has 0 aliphatic carbocycles. The second-order valence-electron chi connectivity index (χ2n) is 8.08. The summed E-state index contributed by atoms with van der Waals surface area (Å²) in [5.74, 6) is 0.810. The van der Waals surface area contributed by atoms with Crippen molar-refractivity contribution in [3.63, 3.8) is 0 Å². The number of hydrogen-bond acceptors (Lipinski definition) is 4. The number of carbonyl (C=O) groups is 1. The molecule has 4 rings (SSSR count). The van der Waals surface area contributed by atoms with Crippen molar-refractivity contribution in [2.45, 2.75) is 38.3 Å². The van der Waals surface area contributed by atoms with Gasteiger partial charge in [-0.2, -0.15) is 0 Å². The number of aryl methyl sites for hydroxylation is 1. The number of para-hydroxylation sites is 1. The molecule has 28 heavy (non-hydrogen) atoms. The van der Waals surface area contributed by atoms with Crippen LogP contribution in [0.5, 0.6) is 0 Å². The quantitative estimate of drug-likeness (QED) is 0.750. The third-order valence-electron chi connectivity index (χ3n) is 6.18. The molecule has 2 saturated heterocycles. The minimum Gasteiger partial charge on any atom is -0.356 e. The van der Waals surface area contributed by atoms with Gasteiger partial charge in [-0.15, -0.1) is 0 Å². The Bertz CT molecular complexity index is 929. The van der Waals surface area contributed by atoms with Crippen molar-refractivity contribution in [3.8, 4) is 0 Å². The van der Waals surface area contributed by atoms with E-state index in [-0.39, 0.29) is 23.6 Å². The summed E-state index contributed by atoms with van der Waals surface area (Å²) in [5.41, 5.74) is 1.23. The number of piperidine rings is 1. The lowest BCUT2D eigenvalue weighted by Gasteiger charge is -2.34. The predicted octanol–water partition coefficient (Wildman–Crippen LogP) is 2.05. The van der Waals surface area contributed by atoms with Crippen LogP contribution in [-0.4, -0.2) is 61.0 Å². The van der Waals surface area contributed by atoms with E-state index in [1.165, 1.54) is 10.9 Å². The Morgan fingerprint density at radius 1 is 1.11 bits per heavy atom. The minimum atomic E-state index is -2.85. The molecule has 7 heteroatoms. The second-order valence-corrected chi connectivity index (χ2v) is 10.3. The first kappa shape index (κ1) is 19.5. The number of amides is 1. The van der Waals surface area contributed by atoms with E-state index in [0.29, 0.717) is 12.3 Å². The normalized spacial score (nSPS) is 23.2. The molecule has 0 radical (unpaired) electrons. The van der Waals surface area contributed by atoms with Crippen molar-refractivity contribution in [2.75, 3.05) is 31.1 Å². The van der Waals surface area contributed by atoms with Gasteiger partial charge in [-0.05, 0) is 56.3 Å². The molecule has 0 bridgehead atoms. The molecule has 1 aromatic carbocycles. The van der Waals surface area contributed by atoms with Gasteiger partial charge in [-0.1, -0.05) is 18.2 Å². The van der Waals surface area contributed by atoms with Crippen LogP contribution in [-0.2, 0) is 21.2 Å². The van der Waals surface area contributed by atoms with Crippen molar-refractivity contribution >= 4 is 26.6 Å². The summed E-state index contributed by atoms with van der Waals surface area (Å²) in [4.78, 5) is 14.7. The molecule has 2 aliphatic rings. The lowest BCUT2D eigenvalue weighted by Crippen LogP contribution is -2.45. The molecule has 152 valence electrons. The Balaban J connectivity index is 1.18. The lowest BCUT2D eigenvalue weighted by atomic mass is 9.94. The van der Waals surface area contributed by atoms with Gasteiger partial charge in [-0.25, -0.2) is 8.42 Å². The number of nitrogens with zero attached hydrogens (tertiary/aromatic N) is 2. The largest absolute Gasteiger partial charge is 0.356 e. The molecule has 6 nitrogen and oxygen atoms in total. The number of likely N-dealkylation sites (tertiary alicyclic amines) is 1. The number of hydrogen-bond donors (Lipinski definition) is 1. The van der Waals surface area contributed by atoms with Gasteiger partial charge >= 0.3 is 0 Å². The Morgan fingerprint density at radius 3 is 2.64 bits per heavy atom. The number of nitrogens with one attached hydrogen (secondary N) is 1. The number of carbonyl (C=O) groups excluding carboxylic acids is 1. The molecule has 0 unspecified atom stereocenters. The van der Waals surface area contributed by atoms with Crippen LogP contribution in [0.25, 0.3) is 10.9 Å². The van der Waals surface area contributed by atoms with Gasteiger partial charge in [0.25, 0.3) is 0 Å². The predicted molar refractivity (Wildman–Crippen MR) is 111 cm³/mol. The van der Waals surface area contributed by atoms with Crippen LogP contribution >= 0.6 is 0 Å². The van der Waals surface area contributed by atoms with E-state index in [2.05, 4.69) is 39.2 Å². The summed E-state index contributed by atoms with van der Waals surface area (Å²) >= 11 is 0. The van der Waals surface area contributed by atoms with Crippen LogP contribution in [0.15, 0.2) is 36.5 Å². The molecule has 1 N–H and O–H groups in total.